The molecule has 1 aromatic rings. The number of aliphatic carboxylic acids is 1. The molecule has 0 saturated heterocycles. The van der Waals surface area contributed by atoms with E-state index in [1.165, 1.54) is 7.11 Å². The second kappa shape index (κ2) is 4.28. The number of alkyl halides is 1. The van der Waals surface area contributed by atoms with Gasteiger partial charge in [0.05, 0.1) is 7.11 Å². The van der Waals surface area contributed by atoms with Gasteiger partial charge in [-0.15, -0.1) is 0 Å². The Kier molecular flexibility index (Phi) is 3.31. The molecule has 0 spiro atoms. The number of hydrogen-bond donors (Lipinski definition) is 1. The van der Waals surface area contributed by atoms with Crippen molar-refractivity contribution in [3.05, 3.63) is 29.8 Å². The monoisotopic (exact) mass is 244 g/mol. The average Bonchev–Trinajstić information content (AvgIpc) is 2.16. The van der Waals surface area contributed by atoms with Crippen LogP contribution in [0, 0.1) is 0 Å². The van der Waals surface area contributed by atoms with E-state index in [1.54, 1.807) is 24.3 Å². The Morgan fingerprint density at radius 1 is 1.54 bits per heavy atom. The molecular formula is C9H9BrO3. The summed E-state index contributed by atoms with van der Waals surface area (Å²) in [6.07, 6.45) is 0. The largest absolute Gasteiger partial charge is 0.496 e. The number of rotatable bonds is 3. The highest BCUT2D eigenvalue weighted by molar-refractivity contribution is 9.09. The van der Waals surface area contributed by atoms with Gasteiger partial charge >= 0.3 is 5.97 Å². The minimum absolute atomic E-state index is 0.576. The lowest BCUT2D eigenvalue weighted by Crippen LogP contribution is -2.05. The SMILES string of the molecule is COc1ccccc1C(Br)C(=O)O. The van der Waals surface area contributed by atoms with Crippen molar-refractivity contribution in [2.24, 2.45) is 0 Å². The van der Waals surface area contributed by atoms with Gasteiger partial charge in [-0.1, -0.05) is 34.1 Å². The summed E-state index contributed by atoms with van der Waals surface area (Å²) in [5, 5.41) is 8.75. The number of carbonyl (C=O) groups is 1. The van der Waals surface area contributed by atoms with Crippen molar-refractivity contribution < 1.29 is 14.6 Å². The third-order valence-electron chi connectivity index (χ3n) is 1.63. The van der Waals surface area contributed by atoms with Crippen LogP contribution in [0.4, 0.5) is 0 Å². The van der Waals surface area contributed by atoms with E-state index in [2.05, 4.69) is 15.9 Å². The molecule has 1 N–H and O–H groups in total. The first kappa shape index (κ1) is 10.1. The third-order valence-corrected chi connectivity index (χ3v) is 2.51. The summed E-state index contributed by atoms with van der Waals surface area (Å²) >= 11 is 3.06. The molecule has 1 rings (SSSR count). The Labute approximate surface area is 84.5 Å². The first-order valence-electron chi connectivity index (χ1n) is 3.66. The fourth-order valence-corrected chi connectivity index (χ4v) is 1.39. The van der Waals surface area contributed by atoms with Crippen LogP contribution in [-0.4, -0.2) is 18.2 Å². The summed E-state index contributed by atoms with van der Waals surface area (Å²) in [4.78, 5) is 9.95. The van der Waals surface area contributed by atoms with E-state index in [0.717, 1.165) is 0 Å². The van der Waals surface area contributed by atoms with E-state index >= 15 is 0 Å². The van der Waals surface area contributed by atoms with E-state index in [-0.39, 0.29) is 0 Å². The van der Waals surface area contributed by atoms with Gasteiger partial charge in [0.15, 0.2) is 0 Å². The Balaban J connectivity index is 3.05. The fraction of sp³-hybridized carbons (Fsp3) is 0.222. The maximum Gasteiger partial charge on any atom is 0.321 e. The number of para-hydroxylation sites is 1. The summed E-state index contributed by atoms with van der Waals surface area (Å²) in [5.41, 5.74) is 0.623. The van der Waals surface area contributed by atoms with Crippen molar-refractivity contribution in [3.63, 3.8) is 0 Å². The molecule has 13 heavy (non-hydrogen) atoms. The Hall–Kier alpha value is -1.03. The van der Waals surface area contributed by atoms with Crippen molar-refractivity contribution in [2.75, 3.05) is 7.11 Å². The maximum atomic E-state index is 10.7. The highest BCUT2D eigenvalue weighted by atomic mass is 79.9. The van der Waals surface area contributed by atoms with E-state index in [1.807, 2.05) is 0 Å². The van der Waals surface area contributed by atoms with Crippen molar-refractivity contribution >= 4 is 21.9 Å². The number of hydrogen-bond acceptors (Lipinski definition) is 2. The zero-order chi connectivity index (χ0) is 9.84. The number of ether oxygens (including phenoxy) is 1. The summed E-state index contributed by atoms with van der Waals surface area (Å²) in [7, 11) is 1.51. The quantitative estimate of drug-likeness (QED) is 0.830. The highest BCUT2D eigenvalue weighted by Gasteiger charge is 2.18. The van der Waals surface area contributed by atoms with Gasteiger partial charge in [0.2, 0.25) is 0 Å². The van der Waals surface area contributed by atoms with E-state index in [4.69, 9.17) is 9.84 Å². The summed E-state index contributed by atoms with van der Waals surface area (Å²) in [6, 6.07) is 7.01. The molecule has 0 radical (unpaired) electrons. The molecule has 1 unspecified atom stereocenters. The summed E-state index contributed by atoms with van der Waals surface area (Å²) in [6.45, 7) is 0. The molecule has 0 fully saturated rings. The van der Waals surface area contributed by atoms with Crippen molar-refractivity contribution in [1.29, 1.82) is 0 Å². The fourth-order valence-electron chi connectivity index (χ4n) is 1.01. The van der Waals surface area contributed by atoms with Gasteiger partial charge in [0.25, 0.3) is 0 Å². The molecule has 4 heteroatoms. The summed E-state index contributed by atoms with van der Waals surface area (Å²) < 4.78 is 5.02. The minimum Gasteiger partial charge on any atom is -0.496 e. The van der Waals surface area contributed by atoms with Crippen LogP contribution in [0.2, 0.25) is 0 Å². The molecule has 0 aliphatic rings. The first-order chi connectivity index (χ1) is 6.16. The van der Waals surface area contributed by atoms with Gasteiger partial charge in [-0.25, -0.2) is 0 Å². The van der Waals surface area contributed by atoms with Crippen LogP contribution in [0.15, 0.2) is 24.3 Å². The lowest BCUT2D eigenvalue weighted by atomic mass is 10.1. The van der Waals surface area contributed by atoms with Crippen molar-refractivity contribution in [1.82, 2.24) is 0 Å². The van der Waals surface area contributed by atoms with Crippen LogP contribution in [0.5, 0.6) is 5.75 Å². The second-order valence-corrected chi connectivity index (χ2v) is 3.36. The lowest BCUT2D eigenvalue weighted by Gasteiger charge is -2.09. The molecule has 0 heterocycles. The Morgan fingerprint density at radius 2 is 2.15 bits per heavy atom. The van der Waals surface area contributed by atoms with Gasteiger partial charge in [-0.05, 0) is 6.07 Å². The van der Waals surface area contributed by atoms with E-state index in [0.29, 0.717) is 11.3 Å². The molecule has 0 aromatic heterocycles. The minimum atomic E-state index is -0.926. The number of benzene rings is 1. The molecular weight excluding hydrogens is 236 g/mol. The van der Waals surface area contributed by atoms with Crippen molar-refractivity contribution in [2.45, 2.75) is 4.83 Å². The third kappa shape index (κ3) is 2.21. The molecule has 0 bridgehead atoms. The average molecular weight is 245 g/mol. The van der Waals surface area contributed by atoms with E-state index < -0.39 is 10.8 Å². The number of halogens is 1. The van der Waals surface area contributed by atoms with Crippen LogP contribution < -0.4 is 4.74 Å². The molecule has 70 valence electrons. The molecule has 0 saturated carbocycles. The van der Waals surface area contributed by atoms with Gasteiger partial charge in [-0.2, -0.15) is 0 Å². The summed E-state index contributed by atoms with van der Waals surface area (Å²) in [5.74, 6) is -0.351. The van der Waals surface area contributed by atoms with E-state index in [9.17, 15) is 4.79 Å². The van der Waals surface area contributed by atoms with Gasteiger partial charge in [-0.3, -0.25) is 4.79 Å². The molecule has 0 aliphatic carbocycles. The molecule has 1 aromatic carbocycles. The molecule has 1 atom stereocenters. The van der Waals surface area contributed by atoms with Crippen LogP contribution in [0.25, 0.3) is 0 Å². The predicted octanol–water partition coefficient (Wildman–Crippen LogP) is 2.22. The number of carboxylic acid groups (broad SMARTS) is 1. The maximum absolute atomic E-state index is 10.7. The van der Waals surface area contributed by atoms with Crippen molar-refractivity contribution in [3.8, 4) is 5.75 Å². The topological polar surface area (TPSA) is 46.5 Å². The van der Waals surface area contributed by atoms with Crippen LogP contribution in [0.1, 0.15) is 10.4 Å². The van der Waals surface area contributed by atoms with Gasteiger partial charge in [0.1, 0.15) is 10.6 Å². The molecule has 0 amide bonds. The van der Waals surface area contributed by atoms with Gasteiger partial charge < -0.3 is 9.84 Å². The highest BCUT2D eigenvalue weighted by Crippen LogP contribution is 2.30. The zero-order valence-electron chi connectivity index (χ0n) is 7.03. The first-order valence-corrected chi connectivity index (χ1v) is 4.58. The lowest BCUT2D eigenvalue weighted by molar-refractivity contribution is -0.136. The number of methoxy groups -OCH3 is 1. The van der Waals surface area contributed by atoms with Gasteiger partial charge in [0, 0.05) is 5.56 Å². The Morgan fingerprint density at radius 3 is 2.69 bits per heavy atom. The second-order valence-electron chi connectivity index (χ2n) is 2.44. The predicted molar refractivity (Wildman–Crippen MR) is 52.3 cm³/mol. The normalized spacial score (nSPS) is 12.2. The smallest absolute Gasteiger partial charge is 0.321 e. The molecule has 3 nitrogen and oxygen atoms in total. The van der Waals surface area contributed by atoms with Crippen LogP contribution in [0.3, 0.4) is 0 Å². The zero-order valence-corrected chi connectivity index (χ0v) is 8.61. The standard InChI is InChI=1S/C9H9BrO3/c1-13-7-5-3-2-4-6(7)8(10)9(11)12/h2-5,8H,1H3,(H,11,12). The Bertz CT molecular complexity index is 311. The number of carboxylic acids is 1. The molecule has 0 aliphatic heterocycles. The van der Waals surface area contributed by atoms with Crippen LogP contribution in [-0.2, 0) is 4.79 Å². The van der Waals surface area contributed by atoms with Crippen LogP contribution >= 0.6 is 15.9 Å².